The maximum Gasteiger partial charge on any atom is 0.187 e. The fourth-order valence-electron chi connectivity index (χ4n) is 1.64. The van der Waals surface area contributed by atoms with Crippen LogP contribution in [-0.4, -0.2) is 17.6 Å². The van der Waals surface area contributed by atoms with Crippen LogP contribution in [0, 0.1) is 0 Å². The number of hydrogen-bond donors (Lipinski definition) is 2. The Morgan fingerprint density at radius 3 is 2.36 bits per heavy atom. The van der Waals surface area contributed by atoms with Gasteiger partial charge in [-0.1, -0.05) is 24.3 Å². The number of carbonyl (C=O) groups is 2. The lowest BCUT2D eigenvalue weighted by atomic mass is 9.83. The van der Waals surface area contributed by atoms with Gasteiger partial charge in [-0.2, -0.15) is 0 Å². The van der Waals surface area contributed by atoms with E-state index in [1.54, 1.807) is 24.3 Å². The van der Waals surface area contributed by atoms with Crippen LogP contribution in [0.2, 0.25) is 0 Å². The van der Waals surface area contributed by atoms with Crippen LogP contribution in [0.4, 0.5) is 0 Å². The summed E-state index contributed by atoms with van der Waals surface area (Å²) in [5.41, 5.74) is 12.1. The van der Waals surface area contributed by atoms with Gasteiger partial charge in [0.2, 0.25) is 0 Å². The highest BCUT2D eigenvalue weighted by atomic mass is 16.2. The summed E-state index contributed by atoms with van der Waals surface area (Å²) in [6.45, 7) is 0. The quantitative estimate of drug-likeness (QED) is 0.554. The van der Waals surface area contributed by atoms with Crippen LogP contribution in [0.15, 0.2) is 24.3 Å². The summed E-state index contributed by atoms with van der Waals surface area (Å²) in [6, 6.07) is 4.94. The molecular weight excluding hydrogens is 180 g/mol. The van der Waals surface area contributed by atoms with Crippen molar-refractivity contribution in [3.8, 4) is 0 Å². The smallest absolute Gasteiger partial charge is 0.187 e. The van der Waals surface area contributed by atoms with E-state index in [2.05, 4.69) is 0 Å². The van der Waals surface area contributed by atoms with Crippen LogP contribution >= 0.6 is 0 Å². The van der Waals surface area contributed by atoms with Crippen molar-refractivity contribution in [1.82, 2.24) is 0 Å². The topological polar surface area (TPSA) is 86.2 Å². The highest BCUT2D eigenvalue weighted by Gasteiger charge is 2.36. The molecule has 1 aromatic carbocycles. The zero-order valence-electron chi connectivity index (χ0n) is 7.44. The van der Waals surface area contributed by atoms with E-state index in [0.717, 1.165) is 0 Å². The van der Waals surface area contributed by atoms with Crippen LogP contribution in [0.3, 0.4) is 0 Å². The molecule has 0 aromatic heterocycles. The average molecular weight is 190 g/mol. The molecule has 2 unspecified atom stereocenters. The summed E-state index contributed by atoms with van der Waals surface area (Å²) in [5, 5.41) is 0. The van der Waals surface area contributed by atoms with E-state index in [1.165, 1.54) is 0 Å². The molecule has 4 N–H and O–H groups in total. The van der Waals surface area contributed by atoms with E-state index in [1.807, 2.05) is 0 Å². The molecule has 0 aliphatic heterocycles. The predicted octanol–water partition coefficient (Wildman–Crippen LogP) is -0.221. The molecule has 14 heavy (non-hydrogen) atoms. The first-order chi connectivity index (χ1) is 6.63. The standard InChI is InChI=1S/C10H10N2O2/c11-7-5-3-1-2-4-6(5)9(13)8(12)10(7)14/h1-4,7-8H,11-12H2. The Kier molecular flexibility index (Phi) is 1.94. The van der Waals surface area contributed by atoms with Gasteiger partial charge in [0.15, 0.2) is 11.6 Å². The third kappa shape index (κ3) is 1.08. The molecule has 0 saturated heterocycles. The third-order valence-corrected chi connectivity index (χ3v) is 2.46. The molecule has 72 valence electrons. The van der Waals surface area contributed by atoms with Gasteiger partial charge in [-0.15, -0.1) is 0 Å². The van der Waals surface area contributed by atoms with Crippen molar-refractivity contribution in [2.75, 3.05) is 0 Å². The Bertz CT molecular complexity index is 414. The molecule has 0 saturated carbocycles. The van der Waals surface area contributed by atoms with Gasteiger partial charge < -0.3 is 11.5 Å². The first kappa shape index (κ1) is 9.05. The molecule has 0 radical (unpaired) electrons. The number of nitrogens with two attached hydrogens (primary N) is 2. The van der Waals surface area contributed by atoms with Crippen molar-refractivity contribution in [3.05, 3.63) is 35.4 Å². The average Bonchev–Trinajstić information content (AvgIpc) is 2.23. The summed E-state index contributed by atoms with van der Waals surface area (Å²) in [7, 11) is 0. The van der Waals surface area contributed by atoms with E-state index >= 15 is 0 Å². The van der Waals surface area contributed by atoms with Crippen molar-refractivity contribution in [3.63, 3.8) is 0 Å². The monoisotopic (exact) mass is 190 g/mol. The summed E-state index contributed by atoms with van der Waals surface area (Å²) in [5.74, 6) is -0.749. The van der Waals surface area contributed by atoms with E-state index in [0.29, 0.717) is 11.1 Å². The number of fused-ring (bicyclic) bond motifs is 1. The van der Waals surface area contributed by atoms with E-state index < -0.39 is 17.9 Å². The lowest BCUT2D eigenvalue weighted by molar-refractivity contribution is -0.120. The van der Waals surface area contributed by atoms with Crippen LogP contribution < -0.4 is 11.5 Å². The van der Waals surface area contributed by atoms with Gasteiger partial charge in [0.1, 0.15) is 6.04 Å². The lowest BCUT2D eigenvalue weighted by Crippen LogP contribution is -2.48. The fourth-order valence-corrected chi connectivity index (χ4v) is 1.64. The Balaban J connectivity index is 2.62. The van der Waals surface area contributed by atoms with Crippen molar-refractivity contribution in [1.29, 1.82) is 0 Å². The van der Waals surface area contributed by atoms with Gasteiger partial charge in [-0.25, -0.2) is 0 Å². The Hall–Kier alpha value is -1.52. The summed E-state index contributed by atoms with van der Waals surface area (Å²) >= 11 is 0. The largest absolute Gasteiger partial charge is 0.318 e. The minimum atomic E-state index is -1.10. The number of rotatable bonds is 0. The minimum Gasteiger partial charge on any atom is -0.318 e. The molecule has 1 aliphatic carbocycles. The normalized spacial score (nSPS) is 26.1. The van der Waals surface area contributed by atoms with Gasteiger partial charge in [0.25, 0.3) is 0 Å². The molecule has 1 aromatic rings. The first-order valence-electron chi connectivity index (χ1n) is 4.31. The van der Waals surface area contributed by atoms with Gasteiger partial charge in [-0.3, -0.25) is 9.59 Å². The molecule has 0 bridgehead atoms. The maximum atomic E-state index is 11.6. The maximum absolute atomic E-state index is 11.6. The van der Waals surface area contributed by atoms with Crippen molar-refractivity contribution in [2.45, 2.75) is 12.1 Å². The van der Waals surface area contributed by atoms with Gasteiger partial charge in [0.05, 0.1) is 6.04 Å². The number of Topliss-reactive ketones (excluding diaryl/α,β-unsaturated/α-hetero) is 2. The van der Waals surface area contributed by atoms with Crippen LogP contribution in [0.25, 0.3) is 0 Å². The van der Waals surface area contributed by atoms with Crippen LogP contribution in [-0.2, 0) is 4.79 Å². The van der Waals surface area contributed by atoms with E-state index in [9.17, 15) is 9.59 Å². The van der Waals surface area contributed by atoms with Crippen LogP contribution in [0.5, 0.6) is 0 Å². The summed E-state index contributed by atoms with van der Waals surface area (Å²) in [4.78, 5) is 23.0. The van der Waals surface area contributed by atoms with Crippen molar-refractivity contribution < 1.29 is 9.59 Å². The zero-order valence-corrected chi connectivity index (χ0v) is 7.44. The molecule has 2 atom stereocenters. The predicted molar refractivity (Wildman–Crippen MR) is 50.7 cm³/mol. The second-order valence-corrected chi connectivity index (χ2v) is 3.31. The number of carbonyl (C=O) groups excluding carboxylic acids is 2. The molecule has 2 rings (SSSR count). The third-order valence-electron chi connectivity index (χ3n) is 2.46. The van der Waals surface area contributed by atoms with E-state index in [-0.39, 0.29) is 5.78 Å². The highest BCUT2D eigenvalue weighted by molar-refractivity contribution is 6.19. The molecule has 4 nitrogen and oxygen atoms in total. The lowest BCUT2D eigenvalue weighted by Gasteiger charge is -2.24. The molecule has 0 fully saturated rings. The molecule has 0 spiro atoms. The SMILES string of the molecule is NC1C(=O)c2ccccc2C(N)C1=O. The first-order valence-corrected chi connectivity index (χ1v) is 4.31. The molecular formula is C10H10N2O2. The van der Waals surface area contributed by atoms with Gasteiger partial charge in [-0.05, 0) is 5.56 Å². The fraction of sp³-hybridized carbons (Fsp3) is 0.200. The minimum absolute atomic E-state index is 0.340. The number of benzene rings is 1. The molecule has 1 aliphatic rings. The molecule has 0 amide bonds. The van der Waals surface area contributed by atoms with Gasteiger partial charge in [0, 0.05) is 5.56 Å². The number of hydrogen-bond acceptors (Lipinski definition) is 4. The Morgan fingerprint density at radius 2 is 1.64 bits per heavy atom. The highest BCUT2D eigenvalue weighted by Crippen LogP contribution is 2.24. The second-order valence-electron chi connectivity index (χ2n) is 3.31. The molecule has 4 heteroatoms. The zero-order chi connectivity index (χ0) is 10.3. The van der Waals surface area contributed by atoms with Gasteiger partial charge >= 0.3 is 0 Å². The number of ketones is 2. The van der Waals surface area contributed by atoms with Crippen molar-refractivity contribution >= 4 is 11.6 Å². The second kappa shape index (κ2) is 3.01. The van der Waals surface area contributed by atoms with Crippen LogP contribution in [0.1, 0.15) is 22.0 Å². The summed E-state index contributed by atoms with van der Waals surface area (Å²) in [6.07, 6.45) is 0. The molecule has 0 heterocycles. The summed E-state index contributed by atoms with van der Waals surface area (Å²) < 4.78 is 0. The van der Waals surface area contributed by atoms with Crippen molar-refractivity contribution in [2.24, 2.45) is 11.5 Å². The van der Waals surface area contributed by atoms with E-state index in [4.69, 9.17) is 11.5 Å². The Labute approximate surface area is 80.9 Å². The Morgan fingerprint density at radius 1 is 1.00 bits per heavy atom.